The summed E-state index contributed by atoms with van der Waals surface area (Å²) in [7, 11) is -7.59. The van der Waals surface area contributed by atoms with Gasteiger partial charge in [0, 0.05) is 51.5 Å². The van der Waals surface area contributed by atoms with Crippen LogP contribution < -0.4 is 85.5 Å². The molecule has 23 nitrogen and oxygen atoms in total. The molecule has 372 valence electrons. The Hall–Kier alpha value is -2.01. The maximum atomic E-state index is 12.3. The van der Waals surface area contributed by atoms with Crippen LogP contribution in [-0.4, -0.2) is 157 Å². The fraction of sp³-hybridized carbons (Fsp3) is 0.816. The Morgan fingerprint density at radius 1 is 0.646 bits per heavy atom. The zero-order valence-corrected chi connectivity index (χ0v) is 45.8. The summed E-state index contributed by atoms with van der Waals surface area (Å²) in [6.45, 7) is 23.1. The summed E-state index contributed by atoms with van der Waals surface area (Å²) >= 11 is 0. The first-order chi connectivity index (χ1) is 29.1. The van der Waals surface area contributed by atoms with Gasteiger partial charge in [0.2, 0.25) is 11.8 Å². The number of ether oxygens (including phenoxy) is 6. The van der Waals surface area contributed by atoms with Crippen molar-refractivity contribution in [1.29, 1.82) is 0 Å². The van der Waals surface area contributed by atoms with Crippen LogP contribution in [-0.2, 0) is 68.3 Å². The smallest absolute Gasteiger partial charge is 0.553 e. The number of nitrogens with one attached hydrogen (secondary N) is 4. The van der Waals surface area contributed by atoms with E-state index in [2.05, 4.69) is 28.2 Å². The zero-order chi connectivity index (χ0) is 49.5. The van der Waals surface area contributed by atoms with Crippen LogP contribution in [0.4, 0.5) is 9.59 Å². The van der Waals surface area contributed by atoms with E-state index in [-0.39, 0.29) is 84.0 Å². The number of hydrogen-bond acceptors (Lipinski definition) is 18. The Morgan fingerprint density at radius 3 is 1.31 bits per heavy atom. The fourth-order valence-electron chi connectivity index (χ4n) is 3.74. The third-order valence-corrected chi connectivity index (χ3v) is 7.08. The first-order valence-electron chi connectivity index (χ1n) is 20.2. The largest absolute Gasteiger partial charge is 1.00 e. The van der Waals surface area contributed by atoms with Crippen molar-refractivity contribution < 1.29 is 147 Å². The normalized spacial score (nSPS) is 11.5. The summed E-state index contributed by atoms with van der Waals surface area (Å²) in [6.07, 6.45) is 1.51. The molecular weight excluding hydrogens is 927 g/mol. The predicted octanol–water partition coefficient (Wildman–Crippen LogP) is -5.26. The van der Waals surface area contributed by atoms with Gasteiger partial charge in [0.05, 0.1) is 46.2 Å². The van der Waals surface area contributed by atoms with Crippen molar-refractivity contribution in [1.82, 2.24) is 21.3 Å². The number of carbonyl (C=O) groups excluding carboxylic acids is 6. The number of Topliss-reactive ketones (excluding diaryl/α,β-unsaturated/α-hetero) is 1. The van der Waals surface area contributed by atoms with Crippen molar-refractivity contribution in [3.8, 4) is 0 Å². The van der Waals surface area contributed by atoms with Crippen LogP contribution in [0.5, 0.6) is 0 Å². The van der Waals surface area contributed by atoms with Crippen LogP contribution in [0, 0.1) is 12.8 Å². The van der Waals surface area contributed by atoms with Crippen molar-refractivity contribution in [3.05, 3.63) is 6.92 Å². The Balaban J connectivity index is -0.000000222. The Morgan fingerprint density at radius 2 is 0.985 bits per heavy atom. The molecule has 0 bridgehead atoms. The number of carbonyl (C=O) groups is 6. The molecule has 0 aliphatic carbocycles. The molecule has 0 aromatic heterocycles. The van der Waals surface area contributed by atoms with E-state index in [4.69, 9.17) is 45.6 Å². The van der Waals surface area contributed by atoms with Crippen molar-refractivity contribution >= 4 is 56.5 Å². The molecule has 0 aromatic carbocycles. The minimum atomic E-state index is -4.48. The number of carboxylic acid groups (broad SMARTS) is 1. The van der Waals surface area contributed by atoms with Crippen LogP contribution in [0.2, 0.25) is 0 Å². The van der Waals surface area contributed by atoms with Gasteiger partial charge in [-0.2, -0.15) is 8.42 Å². The minimum Gasteiger partial charge on any atom is -0.553 e. The molecule has 0 aliphatic rings. The fourth-order valence-corrected chi connectivity index (χ4v) is 4.43. The van der Waals surface area contributed by atoms with Gasteiger partial charge in [-0.3, -0.25) is 18.9 Å². The van der Waals surface area contributed by atoms with Gasteiger partial charge < -0.3 is 66.5 Å². The summed E-state index contributed by atoms with van der Waals surface area (Å²) < 4.78 is 88.0. The second-order valence-corrected chi connectivity index (χ2v) is 16.9. The Kier molecular flexibility index (Phi) is 52.5. The Labute approximate surface area is 430 Å². The van der Waals surface area contributed by atoms with E-state index in [0.717, 1.165) is 12.8 Å². The molecule has 0 aliphatic heterocycles. The monoisotopic (exact) mass is 998 g/mol. The third-order valence-electron chi connectivity index (χ3n) is 6.32. The first-order valence-corrected chi connectivity index (χ1v) is 22.8. The molecule has 0 radical (unpaired) electrons. The van der Waals surface area contributed by atoms with E-state index in [9.17, 15) is 42.3 Å². The van der Waals surface area contributed by atoms with Gasteiger partial charge in [0.15, 0.2) is 5.78 Å². The molecule has 0 heterocycles. The van der Waals surface area contributed by atoms with Crippen molar-refractivity contribution in [2.24, 2.45) is 5.92 Å². The SMILES string of the molecule is CCCC(=O)NCCOCCOCCCC(=O)[C@H](CS(=O)(=O)O)NC(=O)OC(C)(C)C.CCCC(=O)NCCOCCOCCNC(=O)OC(C)(C)C.O=S(=O)=O.[CH2-][C@@H](C)C(=O)[O-].[Na+].[Na+]. The van der Waals surface area contributed by atoms with E-state index in [1.54, 1.807) is 20.8 Å². The zero-order valence-electron chi connectivity index (χ0n) is 40.2. The van der Waals surface area contributed by atoms with Crippen LogP contribution >= 0.6 is 0 Å². The Bertz CT molecular complexity index is 1510. The van der Waals surface area contributed by atoms with E-state index in [0.29, 0.717) is 85.1 Å². The van der Waals surface area contributed by atoms with Crippen molar-refractivity contribution in [3.63, 3.8) is 0 Å². The molecule has 0 spiro atoms. The second-order valence-electron chi connectivity index (χ2n) is 15.0. The summed E-state index contributed by atoms with van der Waals surface area (Å²) in [5.41, 5.74) is -1.32. The standard InChI is InChI=1S/C19H36N2O9S.C15H30N2O5.C4H7O2.2Na.O3S/c1-5-7-17(23)20-9-11-29-13-12-28-10-6-8-16(22)15(14-31(25,26)27)21-18(24)30-19(2,3)4;1-5-6-13(18)16-7-9-20-11-12-21-10-8-17-14(19)22-15(2,3)4;1-3(2)4(5)6;;;1-4(2)3/h15H,5-14H2,1-4H3,(H,20,23)(H,21,24)(H,25,26,27);5-12H2,1-4H3,(H,16,18)(H,17,19);3H,1H2,2H3,(H,5,6);;;/q;;-1;2*+1;/p-1/t15-;;3-;;;/m0.0.../s1. The summed E-state index contributed by atoms with van der Waals surface area (Å²) in [4.78, 5) is 67.4. The summed E-state index contributed by atoms with van der Waals surface area (Å²) in [6, 6.07) is -1.42. The summed E-state index contributed by atoms with van der Waals surface area (Å²) in [5, 5.41) is 19.8. The van der Waals surface area contributed by atoms with Crippen LogP contribution in [0.3, 0.4) is 0 Å². The molecule has 0 saturated heterocycles. The van der Waals surface area contributed by atoms with Crippen molar-refractivity contribution in [2.75, 3.05) is 78.2 Å². The van der Waals surface area contributed by atoms with Crippen LogP contribution in [0.15, 0.2) is 0 Å². The molecular formula is C38H72N4Na2O19S2. The van der Waals surface area contributed by atoms with Gasteiger partial charge in [0.25, 0.3) is 10.1 Å². The number of hydrogen-bond donors (Lipinski definition) is 5. The number of carboxylic acids is 1. The number of amides is 4. The van der Waals surface area contributed by atoms with Crippen LogP contribution in [0.25, 0.3) is 0 Å². The molecule has 0 rings (SSSR count). The average Bonchev–Trinajstić information content (AvgIpc) is 3.11. The quantitative estimate of drug-likeness (QED) is 0.0212. The van der Waals surface area contributed by atoms with Gasteiger partial charge >= 0.3 is 81.9 Å². The molecule has 0 unspecified atom stereocenters. The van der Waals surface area contributed by atoms with E-state index < -0.39 is 73.6 Å². The number of rotatable bonds is 28. The first kappa shape index (κ1) is 74.5. The van der Waals surface area contributed by atoms with Gasteiger partial charge in [-0.1, -0.05) is 20.8 Å². The van der Waals surface area contributed by atoms with Crippen molar-refractivity contribution in [2.45, 2.75) is 118 Å². The van der Waals surface area contributed by atoms with Gasteiger partial charge in [0.1, 0.15) is 23.0 Å². The van der Waals surface area contributed by atoms with E-state index >= 15 is 0 Å². The average molecular weight is 999 g/mol. The second kappa shape index (κ2) is 45.8. The molecule has 0 fully saturated rings. The number of aliphatic carboxylic acids is 1. The van der Waals surface area contributed by atoms with Crippen LogP contribution in [0.1, 0.15) is 101 Å². The third kappa shape index (κ3) is 68.7. The van der Waals surface area contributed by atoms with Gasteiger partial charge in [-0.15, -0.1) is 18.5 Å². The van der Waals surface area contributed by atoms with E-state index in [1.807, 2.05) is 34.6 Å². The molecule has 65 heavy (non-hydrogen) atoms. The number of alkyl carbamates (subject to hydrolysis) is 2. The molecule has 0 aromatic rings. The topological polar surface area (TPSA) is 335 Å². The molecule has 0 saturated carbocycles. The number of ketones is 1. The molecule has 2 atom stereocenters. The predicted molar refractivity (Wildman–Crippen MR) is 226 cm³/mol. The summed E-state index contributed by atoms with van der Waals surface area (Å²) in [5.74, 6) is -3.16. The maximum absolute atomic E-state index is 12.3. The van der Waals surface area contributed by atoms with E-state index in [1.165, 1.54) is 6.92 Å². The minimum absolute atomic E-state index is 0. The molecule has 4 amide bonds. The molecule has 5 N–H and O–H groups in total. The van der Waals surface area contributed by atoms with Gasteiger partial charge in [-0.05, 0) is 60.8 Å². The van der Waals surface area contributed by atoms with Gasteiger partial charge in [-0.25, -0.2) is 9.59 Å². The molecule has 27 heteroatoms. The maximum Gasteiger partial charge on any atom is 1.00 e.